The molecule has 2 heterocycles. The van der Waals surface area contributed by atoms with Gasteiger partial charge in [0.1, 0.15) is 0 Å². The van der Waals surface area contributed by atoms with Crippen LogP contribution in [0.15, 0.2) is 106 Å². The van der Waals surface area contributed by atoms with E-state index in [-0.39, 0.29) is 11.8 Å². The maximum Gasteiger partial charge on any atom is 0.416 e. The standard InChI is InChI=1S/C20H20BrF3N2O.C20H23BrN2O/c21-18-7-3-15(4-8-18)13-19(27)26-11-9-25(10-12-26)14-16-1-5-17(6-2-16)20(22,23)24;1-16-2-4-18(5-3-16)15-22-10-12-23(13-11-22)20(24)14-17-6-8-19(21)9-7-17/h1-8H,9-14H2;2-9H,10-15H2,1H3. The number of benzene rings is 4. The molecule has 0 N–H and O–H groups in total. The Bertz CT molecular complexity index is 1700. The van der Waals surface area contributed by atoms with Gasteiger partial charge in [-0.25, -0.2) is 0 Å². The Labute approximate surface area is 315 Å². The largest absolute Gasteiger partial charge is 0.416 e. The highest BCUT2D eigenvalue weighted by atomic mass is 79.9. The molecule has 0 aliphatic carbocycles. The molecular weight excluding hydrogens is 785 g/mol. The van der Waals surface area contributed by atoms with Gasteiger partial charge in [-0.1, -0.05) is 98.1 Å². The van der Waals surface area contributed by atoms with Crippen LogP contribution in [-0.2, 0) is 41.7 Å². The van der Waals surface area contributed by atoms with E-state index in [0.29, 0.717) is 45.6 Å². The van der Waals surface area contributed by atoms with Gasteiger partial charge in [0.2, 0.25) is 11.8 Å². The molecule has 0 aromatic heterocycles. The minimum atomic E-state index is -4.31. The molecule has 2 amide bonds. The first kappa shape index (κ1) is 38.7. The number of hydrogen-bond acceptors (Lipinski definition) is 4. The predicted octanol–water partition coefficient (Wildman–Crippen LogP) is 8.00. The van der Waals surface area contributed by atoms with Crippen LogP contribution >= 0.6 is 31.9 Å². The Balaban J connectivity index is 0.000000199. The van der Waals surface area contributed by atoms with Crippen LogP contribution in [0, 0.1) is 6.92 Å². The third-order valence-electron chi connectivity index (χ3n) is 9.20. The van der Waals surface area contributed by atoms with Crippen LogP contribution in [0.2, 0.25) is 0 Å². The van der Waals surface area contributed by atoms with Crippen LogP contribution in [0.25, 0.3) is 0 Å². The lowest BCUT2D eigenvalue weighted by Gasteiger charge is -2.35. The third-order valence-corrected chi connectivity index (χ3v) is 10.3. The summed E-state index contributed by atoms with van der Waals surface area (Å²) in [6, 6.07) is 29.7. The van der Waals surface area contributed by atoms with Gasteiger partial charge in [-0.15, -0.1) is 0 Å². The summed E-state index contributed by atoms with van der Waals surface area (Å²) in [4.78, 5) is 33.3. The van der Waals surface area contributed by atoms with E-state index in [1.807, 2.05) is 58.3 Å². The summed E-state index contributed by atoms with van der Waals surface area (Å²) in [7, 11) is 0. The highest BCUT2D eigenvalue weighted by molar-refractivity contribution is 9.10. The Hall–Kier alpha value is -3.51. The number of amides is 2. The van der Waals surface area contributed by atoms with E-state index in [0.717, 1.165) is 70.5 Å². The molecule has 2 aliphatic rings. The van der Waals surface area contributed by atoms with Gasteiger partial charge in [0, 0.05) is 74.4 Å². The SMILES string of the molecule is Cc1ccc(CN2CCN(C(=O)Cc3ccc(Br)cc3)CC2)cc1.O=C(Cc1ccc(Br)cc1)N1CCN(Cc2ccc(C(F)(F)F)cc2)CC1. The van der Waals surface area contributed by atoms with Crippen LogP contribution in [0.4, 0.5) is 13.2 Å². The molecule has 0 radical (unpaired) electrons. The normalized spacial score (nSPS) is 15.6. The molecule has 2 saturated heterocycles. The molecule has 0 spiro atoms. The second-order valence-corrected chi connectivity index (χ2v) is 14.9. The molecular formula is C40H43Br2F3N4O2. The highest BCUT2D eigenvalue weighted by Gasteiger charge is 2.30. The van der Waals surface area contributed by atoms with Gasteiger partial charge in [-0.3, -0.25) is 19.4 Å². The Kier molecular flexibility index (Phi) is 13.9. The van der Waals surface area contributed by atoms with Crippen molar-refractivity contribution >= 4 is 43.7 Å². The minimum absolute atomic E-state index is 0.103. The van der Waals surface area contributed by atoms with E-state index in [1.165, 1.54) is 23.3 Å². The Morgan fingerprint density at radius 1 is 0.529 bits per heavy atom. The first-order valence-corrected chi connectivity index (χ1v) is 18.7. The van der Waals surface area contributed by atoms with Crippen molar-refractivity contribution in [1.82, 2.24) is 19.6 Å². The average molecular weight is 829 g/mol. The van der Waals surface area contributed by atoms with E-state index < -0.39 is 11.7 Å². The first-order chi connectivity index (χ1) is 24.4. The van der Waals surface area contributed by atoms with Gasteiger partial charge in [0.05, 0.1) is 18.4 Å². The van der Waals surface area contributed by atoms with E-state index >= 15 is 0 Å². The number of rotatable bonds is 8. The summed E-state index contributed by atoms with van der Waals surface area (Å²) in [5.74, 6) is 0.332. The number of carbonyl (C=O) groups is 2. The van der Waals surface area contributed by atoms with Crippen molar-refractivity contribution in [3.8, 4) is 0 Å². The molecule has 11 heteroatoms. The van der Waals surface area contributed by atoms with Gasteiger partial charge < -0.3 is 9.80 Å². The van der Waals surface area contributed by atoms with Gasteiger partial charge >= 0.3 is 6.18 Å². The first-order valence-electron chi connectivity index (χ1n) is 17.1. The average Bonchev–Trinajstić information content (AvgIpc) is 3.12. The van der Waals surface area contributed by atoms with Crippen molar-refractivity contribution in [1.29, 1.82) is 0 Å². The quantitative estimate of drug-likeness (QED) is 0.181. The molecule has 270 valence electrons. The van der Waals surface area contributed by atoms with Crippen molar-refractivity contribution in [3.63, 3.8) is 0 Å². The lowest BCUT2D eigenvalue weighted by Crippen LogP contribution is -2.48. The summed E-state index contributed by atoms with van der Waals surface area (Å²) in [5, 5.41) is 0. The zero-order chi connectivity index (χ0) is 36.4. The number of alkyl halides is 3. The molecule has 0 saturated carbocycles. The lowest BCUT2D eigenvalue weighted by atomic mass is 10.1. The van der Waals surface area contributed by atoms with Crippen molar-refractivity contribution in [2.45, 2.75) is 39.0 Å². The fourth-order valence-corrected chi connectivity index (χ4v) is 6.63. The topological polar surface area (TPSA) is 47.1 Å². The van der Waals surface area contributed by atoms with Crippen LogP contribution < -0.4 is 0 Å². The summed E-state index contributed by atoms with van der Waals surface area (Å²) in [6.07, 6.45) is -3.43. The monoisotopic (exact) mass is 826 g/mol. The van der Waals surface area contributed by atoms with Gasteiger partial charge in [-0.05, 0) is 65.6 Å². The van der Waals surface area contributed by atoms with E-state index in [2.05, 4.69) is 72.8 Å². The molecule has 6 nitrogen and oxygen atoms in total. The number of carbonyl (C=O) groups excluding carboxylic acids is 2. The molecule has 0 atom stereocenters. The van der Waals surface area contributed by atoms with Crippen molar-refractivity contribution in [3.05, 3.63) is 139 Å². The molecule has 51 heavy (non-hydrogen) atoms. The van der Waals surface area contributed by atoms with Gasteiger partial charge in [0.25, 0.3) is 0 Å². The Morgan fingerprint density at radius 2 is 0.863 bits per heavy atom. The second-order valence-electron chi connectivity index (χ2n) is 13.1. The molecule has 2 fully saturated rings. The van der Waals surface area contributed by atoms with Gasteiger partial charge in [-0.2, -0.15) is 13.2 Å². The summed E-state index contributed by atoms with van der Waals surface area (Å²) < 4.78 is 39.9. The molecule has 0 bridgehead atoms. The predicted molar refractivity (Wildman–Crippen MR) is 202 cm³/mol. The van der Waals surface area contributed by atoms with Crippen LogP contribution in [0.1, 0.15) is 33.4 Å². The number of nitrogens with zero attached hydrogens (tertiary/aromatic N) is 4. The zero-order valence-electron chi connectivity index (χ0n) is 28.7. The molecule has 4 aromatic rings. The molecule has 2 aliphatic heterocycles. The molecule has 0 unspecified atom stereocenters. The fraction of sp³-hybridized carbons (Fsp3) is 0.350. The van der Waals surface area contributed by atoms with Crippen molar-refractivity contribution in [2.24, 2.45) is 0 Å². The number of halogens is 5. The van der Waals surface area contributed by atoms with Crippen molar-refractivity contribution in [2.75, 3.05) is 52.4 Å². The highest BCUT2D eigenvalue weighted by Crippen LogP contribution is 2.29. The third kappa shape index (κ3) is 12.3. The van der Waals surface area contributed by atoms with E-state index in [4.69, 9.17) is 0 Å². The molecule has 4 aromatic carbocycles. The van der Waals surface area contributed by atoms with Crippen molar-refractivity contribution < 1.29 is 22.8 Å². The summed E-state index contributed by atoms with van der Waals surface area (Å²) in [6.45, 7) is 9.90. The zero-order valence-corrected chi connectivity index (χ0v) is 31.9. The number of piperazine rings is 2. The summed E-state index contributed by atoms with van der Waals surface area (Å²) in [5.41, 5.74) is 4.91. The van der Waals surface area contributed by atoms with Crippen LogP contribution in [0.5, 0.6) is 0 Å². The maximum atomic E-state index is 12.6. The fourth-order valence-electron chi connectivity index (χ4n) is 6.10. The number of hydrogen-bond donors (Lipinski definition) is 0. The lowest BCUT2D eigenvalue weighted by molar-refractivity contribution is -0.137. The Morgan fingerprint density at radius 3 is 1.22 bits per heavy atom. The minimum Gasteiger partial charge on any atom is -0.340 e. The number of aryl methyl sites for hydroxylation is 1. The summed E-state index contributed by atoms with van der Waals surface area (Å²) >= 11 is 6.80. The van der Waals surface area contributed by atoms with Gasteiger partial charge in [0.15, 0.2) is 0 Å². The van der Waals surface area contributed by atoms with E-state index in [9.17, 15) is 22.8 Å². The smallest absolute Gasteiger partial charge is 0.340 e. The van der Waals surface area contributed by atoms with E-state index in [1.54, 1.807) is 0 Å². The maximum absolute atomic E-state index is 12.6. The second kappa shape index (κ2) is 18.3. The molecule has 6 rings (SSSR count). The van der Waals surface area contributed by atoms with Crippen LogP contribution in [0.3, 0.4) is 0 Å². The van der Waals surface area contributed by atoms with Crippen LogP contribution in [-0.4, -0.2) is 83.8 Å².